The molecule has 1 aromatic rings. The van der Waals surface area contributed by atoms with Crippen molar-refractivity contribution in [1.29, 1.82) is 0 Å². The zero-order valence-electron chi connectivity index (χ0n) is 14.2. The smallest absolute Gasteiger partial charge is 0.313 e. The van der Waals surface area contributed by atoms with Gasteiger partial charge >= 0.3 is 5.97 Å². The third-order valence-corrected chi connectivity index (χ3v) is 5.82. The summed E-state index contributed by atoms with van der Waals surface area (Å²) in [4.78, 5) is 14.1. The summed E-state index contributed by atoms with van der Waals surface area (Å²) in [6.45, 7) is 1.41. The second kappa shape index (κ2) is 7.31. The van der Waals surface area contributed by atoms with Crippen molar-refractivity contribution >= 4 is 29.2 Å². The molecule has 1 aliphatic heterocycles. The predicted octanol–water partition coefficient (Wildman–Crippen LogP) is 3.44. The van der Waals surface area contributed by atoms with Crippen LogP contribution >= 0.6 is 23.2 Å². The molecule has 2 fully saturated rings. The molecule has 0 spiro atoms. The van der Waals surface area contributed by atoms with Crippen molar-refractivity contribution in [3.05, 3.63) is 27.7 Å². The number of benzene rings is 1. The SMILES string of the molecule is COc1c(Cl)cc(Cl)cc1CN1CC[C@H](O)[C@](CC2CC2)(C(=O)O)C1. The second-order valence-corrected chi connectivity index (χ2v) is 8.05. The van der Waals surface area contributed by atoms with Gasteiger partial charge in [0.2, 0.25) is 0 Å². The van der Waals surface area contributed by atoms with E-state index in [2.05, 4.69) is 0 Å². The van der Waals surface area contributed by atoms with E-state index in [1.807, 2.05) is 4.90 Å². The fourth-order valence-corrected chi connectivity index (χ4v) is 4.45. The minimum absolute atomic E-state index is 0.313. The molecule has 1 aromatic carbocycles. The van der Waals surface area contributed by atoms with Gasteiger partial charge in [0.15, 0.2) is 0 Å². The summed E-state index contributed by atoms with van der Waals surface area (Å²) < 4.78 is 5.38. The first kappa shape index (κ1) is 18.8. The molecule has 0 unspecified atom stereocenters. The Morgan fingerprint density at radius 2 is 2.08 bits per heavy atom. The lowest BCUT2D eigenvalue weighted by atomic mass is 9.73. The van der Waals surface area contributed by atoms with Crippen LogP contribution in [0, 0.1) is 11.3 Å². The molecule has 5 nitrogen and oxygen atoms in total. The van der Waals surface area contributed by atoms with E-state index in [0.29, 0.717) is 54.2 Å². The number of aliphatic hydroxyl groups excluding tert-OH is 1. The van der Waals surface area contributed by atoms with E-state index >= 15 is 0 Å². The number of hydrogen-bond acceptors (Lipinski definition) is 4. The average molecular weight is 388 g/mol. The number of nitrogens with zero attached hydrogens (tertiary/aromatic N) is 1. The monoisotopic (exact) mass is 387 g/mol. The first-order valence-corrected chi connectivity index (χ1v) is 9.27. The lowest BCUT2D eigenvalue weighted by Crippen LogP contribution is -2.56. The Bertz CT molecular complexity index is 665. The van der Waals surface area contributed by atoms with Gasteiger partial charge < -0.3 is 14.9 Å². The lowest BCUT2D eigenvalue weighted by Gasteiger charge is -2.43. The number of carboxylic acids is 1. The van der Waals surface area contributed by atoms with E-state index in [-0.39, 0.29) is 0 Å². The van der Waals surface area contributed by atoms with Gasteiger partial charge in [0, 0.05) is 30.2 Å². The van der Waals surface area contributed by atoms with Crippen LogP contribution in [0.3, 0.4) is 0 Å². The molecule has 1 saturated carbocycles. The molecule has 0 amide bonds. The van der Waals surface area contributed by atoms with Gasteiger partial charge in [-0.15, -0.1) is 0 Å². The summed E-state index contributed by atoms with van der Waals surface area (Å²) in [5.74, 6) is 0.0637. The molecule has 1 saturated heterocycles. The number of piperidine rings is 1. The molecular weight excluding hydrogens is 365 g/mol. The number of hydrogen-bond donors (Lipinski definition) is 2. The van der Waals surface area contributed by atoms with Crippen LogP contribution in [0.15, 0.2) is 12.1 Å². The standard InChI is InChI=1S/C18H23Cl2NO4/c1-25-16-12(6-13(19)7-14(16)20)9-21-5-4-15(22)18(10-21,17(23)24)8-11-2-3-11/h6-7,11,15,22H,2-5,8-10H2,1H3,(H,23,24)/t15-,18+/m0/s1. The molecule has 1 heterocycles. The Morgan fingerprint density at radius 1 is 1.36 bits per heavy atom. The van der Waals surface area contributed by atoms with Crippen molar-refractivity contribution in [1.82, 2.24) is 4.90 Å². The number of methoxy groups -OCH3 is 1. The van der Waals surface area contributed by atoms with Gasteiger partial charge in [0.1, 0.15) is 11.2 Å². The normalized spacial score (nSPS) is 27.3. The maximum absolute atomic E-state index is 12.0. The first-order valence-electron chi connectivity index (χ1n) is 8.51. The van der Waals surface area contributed by atoms with E-state index in [0.717, 1.165) is 18.4 Å². The highest BCUT2D eigenvalue weighted by Crippen LogP contribution is 2.45. The number of likely N-dealkylation sites (tertiary alicyclic amines) is 1. The molecule has 138 valence electrons. The molecule has 0 bridgehead atoms. The number of rotatable bonds is 6. The van der Waals surface area contributed by atoms with Gasteiger partial charge in [-0.2, -0.15) is 0 Å². The van der Waals surface area contributed by atoms with Crippen LogP contribution in [0.4, 0.5) is 0 Å². The molecule has 7 heteroatoms. The maximum atomic E-state index is 12.0. The summed E-state index contributed by atoms with van der Waals surface area (Å²) in [7, 11) is 1.55. The zero-order valence-corrected chi connectivity index (χ0v) is 15.7. The second-order valence-electron chi connectivity index (χ2n) is 7.20. The van der Waals surface area contributed by atoms with Crippen LogP contribution in [0.5, 0.6) is 5.75 Å². The topological polar surface area (TPSA) is 70.0 Å². The first-order chi connectivity index (χ1) is 11.9. The van der Waals surface area contributed by atoms with E-state index < -0.39 is 17.5 Å². The van der Waals surface area contributed by atoms with Gasteiger partial charge in [0.25, 0.3) is 0 Å². The van der Waals surface area contributed by atoms with Crippen molar-refractivity contribution in [3.63, 3.8) is 0 Å². The number of carbonyl (C=O) groups is 1. The van der Waals surface area contributed by atoms with E-state index in [9.17, 15) is 15.0 Å². The number of aliphatic hydroxyl groups is 1. The molecule has 2 N–H and O–H groups in total. The Morgan fingerprint density at radius 3 is 2.68 bits per heavy atom. The fourth-order valence-electron chi connectivity index (χ4n) is 3.84. The Kier molecular flexibility index (Phi) is 5.49. The van der Waals surface area contributed by atoms with Gasteiger partial charge in [0.05, 0.1) is 18.2 Å². The molecule has 0 radical (unpaired) electrons. The van der Waals surface area contributed by atoms with Gasteiger partial charge in [-0.05, 0) is 30.9 Å². The third-order valence-electron chi connectivity index (χ3n) is 5.32. The van der Waals surface area contributed by atoms with Crippen LogP contribution in [0.2, 0.25) is 10.0 Å². The highest BCUT2D eigenvalue weighted by Gasteiger charge is 2.51. The summed E-state index contributed by atoms with van der Waals surface area (Å²) >= 11 is 12.3. The van der Waals surface area contributed by atoms with E-state index in [4.69, 9.17) is 27.9 Å². The van der Waals surface area contributed by atoms with Gasteiger partial charge in [-0.25, -0.2) is 0 Å². The molecule has 25 heavy (non-hydrogen) atoms. The number of aliphatic carboxylic acids is 1. The van der Waals surface area contributed by atoms with Crippen molar-refractivity contribution in [2.45, 2.75) is 38.3 Å². The summed E-state index contributed by atoms with van der Waals surface area (Å²) in [5, 5.41) is 21.3. The van der Waals surface area contributed by atoms with Crippen LogP contribution in [0.1, 0.15) is 31.2 Å². The van der Waals surface area contributed by atoms with Crippen molar-refractivity contribution < 1.29 is 19.7 Å². The van der Waals surface area contributed by atoms with Crippen molar-refractivity contribution in [2.24, 2.45) is 11.3 Å². The Balaban J connectivity index is 1.83. The summed E-state index contributed by atoms with van der Waals surface area (Å²) in [5.41, 5.74) is -0.281. The van der Waals surface area contributed by atoms with Crippen molar-refractivity contribution in [3.8, 4) is 5.75 Å². The minimum Gasteiger partial charge on any atom is -0.495 e. The molecule has 2 atom stereocenters. The largest absolute Gasteiger partial charge is 0.495 e. The lowest BCUT2D eigenvalue weighted by molar-refractivity contribution is -0.165. The molecular formula is C18H23Cl2NO4. The fraction of sp³-hybridized carbons (Fsp3) is 0.611. The van der Waals surface area contributed by atoms with Gasteiger partial charge in [-0.3, -0.25) is 9.69 Å². The van der Waals surface area contributed by atoms with Gasteiger partial charge in [-0.1, -0.05) is 36.0 Å². The van der Waals surface area contributed by atoms with Crippen LogP contribution in [0.25, 0.3) is 0 Å². The maximum Gasteiger partial charge on any atom is 0.313 e. The minimum atomic E-state index is -1.10. The highest BCUT2D eigenvalue weighted by atomic mass is 35.5. The molecule has 2 aliphatic rings. The Labute approximate surface area is 157 Å². The highest BCUT2D eigenvalue weighted by molar-refractivity contribution is 6.35. The molecule has 0 aromatic heterocycles. The van der Waals surface area contributed by atoms with Crippen LogP contribution in [-0.4, -0.2) is 47.4 Å². The Hall–Kier alpha value is -1.01. The zero-order chi connectivity index (χ0) is 18.2. The quantitative estimate of drug-likeness (QED) is 0.782. The third kappa shape index (κ3) is 3.90. The summed E-state index contributed by atoms with van der Waals surface area (Å²) in [6, 6.07) is 3.42. The summed E-state index contributed by atoms with van der Waals surface area (Å²) in [6.07, 6.45) is 2.27. The molecule has 1 aliphatic carbocycles. The number of ether oxygens (including phenoxy) is 1. The number of carboxylic acid groups (broad SMARTS) is 1. The van der Waals surface area contributed by atoms with Crippen LogP contribution in [-0.2, 0) is 11.3 Å². The van der Waals surface area contributed by atoms with E-state index in [1.54, 1.807) is 19.2 Å². The average Bonchev–Trinajstić information content (AvgIpc) is 3.34. The molecule has 3 rings (SSSR count). The number of halogens is 2. The van der Waals surface area contributed by atoms with Crippen LogP contribution < -0.4 is 4.74 Å². The van der Waals surface area contributed by atoms with E-state index in [1.165, 1.54) is 0 Å². The van der Waals surface area contributed by atoms with Crippen molar-refractivity contribution in [2.75, 3.05) is 20.2 Å². The predicted molar refractivity (Wildman–Crippen MR) is 96.3 cm³/mol.